The molecule has 0 spiro atoms. The molecular formula is C31H57BrN4O8. The predicted molar refractivity (Wildman–Crippen MR) is 163 cm³/mol. The van der Waals surface area contributed by atoms with Gasteiger partial charge in [-0.1, -0.05) is 28.1 Å². The second-order valence-corrected chi connectivity index (χ2v) is 14.7. The van der Waals surface area contributed by atoms with E-state index in [1.54, 1.807) is 0 Å². The van der Waals surface area contributed by atoms with Crippen LogP contribution in [0.15, 0.2) is 28.7 Å². The molecule has 0 bridgehead atoms. The molecule has 1 aliphatic rings. The first kappa shape index (κ1) is 39.4. The summed E-state index contributed by atoms with van der Waals surface area (Å²) in [6.45, 7) is 5.30. The van der Waals surface area contributed by atoms with Crippen molar-refractivity contribution in [3.05, 3.63) is 34.3 Å². The van der Waals surface area contributed by atoms with Crippen molar-refractivity contribution in [2.75, 3.05) is 129 Å². The van der Waals surface area contributed by atoms with Crippen LogP contribution < -0.4 is 20.4 Å². The Labute approximate surface area is 273 Å². The van der Waals surface area contributed by atoms with Crippen LogP contribution >= 0.6 is 15.9 Å². The van der Waals surface area contributed by atoms with Crippen molar-refractivity contribution in [2.24, 2.45) is 0 Å². The Morgan fingerprint density at radius 1 is 0.614 bits per heavy atom. The number of rotatable bonds is 14. The van der Waals surface area contributed by atoms with Gasteiger partial charge in [0.05, 0.1) is 54.4 Å². The first-order valence-electron chi connectivity index (χ1n) is 15.4. The van der Waals surface area contributed by atoms with Crippen LogP contribution in [0.5, 0.6) is 0 Å². The van der Waals surface area contributed by atoms with Crippen LogP contribution in [0, 0.1) is 0 Å². The van der Waals surface area contributed by atoms with Gasteiger partial charge in [0.2, 0.25) is 0 Å². The lowest BCUT2D eigenvalue weighted by molar-refractivity contribution is -1.03. The third-order valence-corrected chi connectivity index (χ3v) is 10.3. The minimum absolute atomic E-state index is 0.0693. The van der Waals surface area contributed by atoms with Crippen LogP contribution in [0.2, 0.25) is 0 Å². The molecule has 0 radical (unpaired) electrons. The van der Waals surface area contributed by atoms with Gasteiger partial charge in [0, 0.05) is 64.5 Å². The lowest BCUT2D eigenvalue weighted by Gasteiger charge is -2.52. The highest BCUT2D eigenvalue weighted by atomic mass is 79.9. The zero-order valence-corrected chi connectivity index (χ0v) is 29.7. The van der Waals surface area contributed by atoms with Crippen LogP contribution in [-0.2, 0) is 25.4 Å². The van der Waals surface area contributed by atoms with E-state index in [0.717, 1.165) is 10.0 Å². The van der Waals surface area contributed by atoms with Gasteiger partial charge in [0.1, 0.15) is 51.9 Å². The molecule has 1 saturated heterocycles. The summed E-state index contributed by atoms with van der Waals surface area (Å²) in [5, 5.41) is 51.3. The van der Waals surface area contributed by atoms with E-state index in [9.17, 15) is 20.4 Å². The Balaban J connectivity index is 2.68. The number of ether oxygens (including phenoxy) is 4. The summed E-state index contributed by atoms with van der Waals surface area (Å²) in [4.78, 5) is 0. The second kappa shape index (κ2) is 17.4. The van der Waals surface area contributed by atoms with Crippen molar-refractivity contribution in [1.82, 2.24) is 0 Å². The number of nitrogens with zero attached hydrogens (tertiary/aromatic N) is 4. The molecule has 256 valence electrons. The van der Waals surface area contributed by atoms with E-state index in [2.05, 4.69) is 56.3 Å². The summed E-state index contributed by atoms with van der Waals surface area (Å²) in [6, 6.07) is 8.12. The van der Waals surface area contributed by atoms with Crippen LogP contribution in [0.3, 0.4) is 0 Å². The molecular weight excluding hydrogens is 636 g/mol. The van der Waals surface area contributed by atoms with Gasteiger partial charge in [-0.15, -0.1) is 0 Å². The number of benzene rings is 1. The average molecular weight is 694 g/mol. The van der Waals surface area contributed by atoms with E-state index in [1.165, 1.54) is 28.4 Å². The van der Waals surface area contributed by atoms with Crippen molar-refractivity contribution >= 4 is 15.9 Å². The Hall–Kier alpha value is -0.780. The van der Waals surface area contributed by atoms with Gasteiger partial charge in [-0.3, -0.25) is 0 Å². The number of likely N-dealkylation sites (N-methyl/N-ethyl adjacent to an activating group) is 4. The van der Waals surface area contributed by atoms with Gasteiger partial charge in [-0.2, -0.15) is 0 Å². The summed E-state index contributed by atoms with van der Waals surface area (Å²) >= 11 is 3.53. The molecule has 2 rings (SSSR count). The zero-order valence-electron chi connectivity index (χ0n) is 28.1. The molecule has 0 aromatic heterocycles. The van der Waals surface area contributed by atoms with Crippen LogP contribution in [0.4, 0.5) is 0 Å². The van der Waals surface area contributed by atoms with Gasteiger partial charge >= 0.3 is 0 Å². The zero-order chi connectivity index (χ0) is 33.2. The summed E-state index contributed by atoms with van der Waals surface area (Å²) in [7, 11) is 14.0. The molecule has 0 aliphatic carbocycles. The van der Waals surface area contributed by atoms with E-state index in [0.29, 0.717) is 70.2 Å². The molecule has 1 aromatic rings. The van der Waals surface area contributed by atoms with Crippen LogP contribution in [0.1, 0.15) is 5.56 Å². The first-order valence-corrected chi connectivity index (χ1v) is 16.2. The third-order valence-electron chi connectivity index (χ3n) is 9.81. The molecule has 0 amide bonds. The summed E-state index contributed by atoms with van der Waals surface area (Å²) in [5.41, 5.74) is 1.12. The normalized spacial score (nSPS) is 33.5. The van der Waals surface area contributed by atoms with Crippen molar-refractivity contribution < 1.29 is 57.3 Å². The van der Waals surface area contributed by atoms with Gasteiger partial charge in [-0.05, 0) is 17.7 Å². The van der Waals surface area contributed by atoms with Gasteiger partial charge in [-0.25, -0.2) is 0 Å². The second-order valence-electron chi connectivity index (χ2n) is 13.7. The smallest absolute Gasteiger partial charge is 0.143 e. The van der Waals surface area contributed by atoms with Crippen molar-refractivity contribution in [2.45, 2.75) is 37.6 Å². The minimum Gasteiger partial charge on any atom is -0.827 e. The molecule has 1 aromatic carbocycles. The fourth-order valence-corrected chi connectivity index (χ4v) is 6.57. The predicted octanol–water partition coefficient (Wildman–Crippen LogP) is -2.51. The maximum absolute atomic E-state index is 13.0. The maximum Gasteiger partial charge on any atom is 0.143 e. The third kappa shape index (κ3) is 12.4. The SMILES string of the molecule is COC([O-])C[N+]1(C)CC[N+](C)(CC([O-])OC)CC[N+](C)(CC([O-])OC)C(Cc2ccc(Br)cc2)C[N+](C)(CC([O-])OC)CC1. The molecule has 1 heterocycles. The highest BCUT2D eigenvalue weighted by Gasteiger charge is 2.44. The number of quaternary nitrogens is 4. The lowest BCUT2D eigenvalue weighted by Crippen LogP contribution is -2.71. The topological polar surface area (TPSA) is 129 Å². The molecule has 1 fully saturated rings. The maximum atomic E-state index is 13.0. The number of methoxy groups -OCH3 is 4. The molecule has 9 atom stereocenters. The molecule has 44 heavy (non-hydrogen) atoms. The molecule has 13 heteroatoms. The quantitative estimate of drug-likeness (QED) is 0.155. The van der Waals surface area contributed by atoms with E-state index >= 15 is 0 Å². The van der Waals surface area contributed by atoms with E-state index in [1.807, 2.05) is 12.1 Å². The molecule has 0 N–H and O–H groups in total. The molecule has 12 nitrogen and oxygen atoms in total. The highest BCUT2D eigenvalue weighted by Crippen LogP contribution is 2.25. The van der Waals surface area contributed by atoms with Crippen molar-refractivity contribution in [3.8, 4) is 0 Å². The van der Waals surface area contributed by atoms with E-state index in [-0.39, 0.29) is 32.2 Å². The average Bonchev–Trinajstić information content (AvgIpc) is 2.98. The van der Waals surface area contributed by atoms with Crippen LogP contribution in [0.25, 0.3) is 0 Å². The molecule has 1 aliphatic heterocycles. The molecule has 9 unspecified atom stereocenters. The number of hydrogen-bond donors (Lipinski definition) is 0. The largest absolute Gasteiger partial charge is 0.827 e. The summed E-state index contributed by atoms with van der Waals surface area (Å²) in [6.07, 6.45) is -4.19. The molecule has 0 saturated carbocycles. The van der Waals surface area contributed by atoms with Gasteiger partial charge in [0.25, 0.3) is 0 Å². The number of hydrogen-bond acceptors (Lipinski definition) is 8. The Kier molecular flexibility index (Phi) is 15.6. The Morgan fingerprint density at radius 3 is 1.41 bits per heavy atom. The minimum atomic E-state index is -1.24. The lowest BCUT2D eigenvalue weighted by atomic mass is 10.00. The first-order chi connectivity index (χ1) is 20.5. The van der Waals surface area contributed by atoms with E-state index < -0.39 is 25.2 Å². The standard InChI is InChI=1S/C31H57BrN4O8/c1-33(21-28(37)41-5)13-14-34(2,22-29(38)42-6)17-18-36(4,24-31(40)44-8)27(19-25-9-11-26(32)12-10-25)20-35(3,16-15-33)23-30(39)43-7/h9-12,27-31H,13-24H2,1-8H3. The fraction of sp³-hybridized carbons (Fsp3) is 0.806. The monoisotopic (exact) mass is 692 g/mol. The van der Waals surface area contributed by atoms with E-state index in [4.69, 9.17) is 18.9 Å². The Bertz CT molecular complexity index is 982. The highest BCUT2D eigenvalue weighted by molar-refractivity contribution is 9.10. The summed E-state index contributed by atoms with van der Waals surface area (Å²) < 4.78 is 23.5. The van der Waals surface area contributed by atoms with Gasteiger partial charge in [0.15, 0.2) is 0 Å². The van der Waals surface area contributed by atoms with Crippen molar-refractivity contribution in [3.63, 3.8) is 0 Å². The number of halogens is 1. The van der Waals surface area contributed by atoms with Crippen LogP contribution in [-0.4, -0.2) is 178 Å². The van der Waals surface area contributed by atoms with Crippen molar-refractivity contribution in [1.29, 1.82) is 0 Å². The van der Waals surface area contributed by atoms with Gasteiger partial charge < -0.3 is 57.3 Å². The Morgan fingerprint density at radius 2 is 0.977 bits per heavy atom. The fourth-order valence-electron chi connectivity index (χ4n) is 6.31. The summed E-state index contributed by atoms with van der Waals surface area (Å²) in [5.74, 6) is 0.